The molecule has 3 unspecified atom stereocenters. The lowest BCUT2D eigenvalue weighted by Crippen LogP contribution is -2.63. The molecule has 0 aliphatic carbocycles. The Morgan fingerprint density at radius 2 is 1.35 bits per heavy atom. The topological polar surface area (TPSA) is 35.2 Å². The summed E-state index contributed by atoms with van der Waals surface area (Å²) in [5.74, 6) is -0.0663. The van der Waals surface area contributed by atoms with Gasteiger partial charge in [0.2, 0.25) is 0 Å². The fourth-order valence-electron chi connectivity index (χ4n) is 5.58. The molecule has 2 aromatic carbocycles. The minimum Gasteiger partial charge on any atom is -0.365 e. The van der Waals surface area contributed by atoms with Crippen LogP contribution >= 0.6 is 0 Å². The van der Waals surface area contributed by atoms with Crippen molar-refractivity contribution in [2.75, 3.05) is 13.6 Å². The third-order valence-electron chi connectivity index (χ3n) is 7.71. The zero-order valence-electron chi connectivity index (χ0n) is 18.8. The molecule has 0 spiro atoms. The summed E-state index contributed by atoms with van der Waals surface area (Å²) >= 11 is 0. The first-order valence-corrected chi connectivity index (χ1v) is 11.5. The van der Waals surface area contributed by atoms with Crippen molar-refractivity contribution in [3.05, 3.63) is 71.3 Å². The van der Waals surface area contributed by atoms with Crippen molar-refractivity contribution in [2.45, 2.75) is 69.9 Å². The van der Waals surface area contributed by atoms with Crippen LogP contribution in [0, 0.1) is 17.6 Å². The molecule has 2 aromatic rings. The summed E-state index contributed by atoms with van der Waals surface area (Å²) in [4.78, 5) is 0. The molecule has 0 aromatic heterocycles. The zero-order chi connectivity index (χ0) is 22.2. The summed E-state index contributed by atoms with van der Waals surface area (Å²) < 4.78 is 34.8. The highest BCUT2D eigenvalue weighted by Gasteiger charge is 2.52. The van der Waals surface area contributed by atoms with E-state index in [1.165, 1.54) is 37.1 Å². The minimum atomic E-state index is -0.333. The van der Waals surface area contributed by atoms with Gasteiger partial charge >= 0.3 is 0 Å². The van der Waals surface area contributed by atoms with E-state index in [-0.39, 0.29) is 29.9 Å². The molecular formula is C26H35F2N2O+. The maximum atomic E-state index is 13.5. The van der Waals surface area contributed by atoms with Gasteiger partial charge in [-0.25, -0.2) is 8.78 Å². The number of benzene rings is 2. The van der Waals surface area contributed by atoms with E-state index in [4.69, 9.17) is 10.5 Å². The lowest BCUT2D eigenvalue weighted by Gasteiger charge is -2.49. The smallest absolute Gasteiger partial charge is 0.123 e. The molecule has 2 aliphatic heterocycles. The number of nitrogens with two attached hydrogens (primary N) is 1. The molecule has 2 saturated heterocycles. The number of hydrogen-bond acceptors (Lipinski definition) is 2. The maximum Gasteiger partial charge on any atom is 0.123 e. The van der Waals surface area contributed by atoms with Gasteiger partial charge in [0, 0.05) is 25.7 Å². The molecule has 3 nitrogen and oxygen atoms in total. The molecule has 4 rings (SSSR count). The van der Waals surface area contributed by atoms with E-state index < -0.39 is 0 Å². The Morgan fingerprint density at radius 3 is 1.77 bits per heavy atom. The number of piperidine rings is 1. The third-order valence-corrected chi connectivity index (χ3v) is 7.71. The summed E-state index contributed by atoms with van der Waals surface area (Å²) in [6, 6.07) is 14.2. The highest BCUT2D eigenvalue weighted by Crippen LogP contribution is 2.44. The van der Waals surface area contributed by atoms with E-state index in [9.17, 15) is 8.78 Å². The monoisotopic (exact) mass is 429 g/mol. The Bertz CT molecular complexity index is 808. The molecule has 2 bridgehead atoms. The number of quaternary nitrogens is 1. The molecule has 2 heterocycles. The predicted molar refractivity (Wildman–Crippen MR) is 119 cm³/mol. The first-order chi connectivity index (χ1) is 14.8. The number of hydrogen-bond donors (Lipinski definition) is 1. The van der Waals surface area contributed by atoms with Crippen molar-refractivity contribution in [1.82, 2.24) is 0 Å². The van der Waals surface area contributed by atoms with Crippen molar-refractivity contribution >= 4 is 0 Å². The summed E-state index contributed by atoms with van der Waals surface area (Å²) in [7, 11) is 2.37. The largest absolute Gasteiger partial charge is 0.365 e. The molecule has 3 atom stereocenters. The highest BCUT2D eigenvalue weighted by molar-refractivity contribution is 5.30. The molecule has 2 aliphatic rings. The second-order valence-electron chi connectivity index (χ2n) is 10.0. The van der Waals surface area contributed by atoms with Gasteiger partial charge in [-0.2, -0.15) is 0 Å². The number of ether oxygens (including phenoxy) is 1. The van der Waals surface area contributed by atoms with E-state index in [1.807, 2.05) is 0 Å². The molecule has 2 N–H and O–H groups in total. The third kappa shape index (κ3) is 4.69. The van der Waals surface area contributed by atoms with Crippen LogP contribution in [0.2, 0.25) is 0 Å². The second kappa shape index (κ2) is 8.97. The molecule has 31 heavy (non-hydrogen) atoms. The van der Waals surface area contributed by atoms with Gasteiger partial charge in [0.1, 0.15) is 17.7 Å². The number of likely N-dealkylation sites (N-methyl/N-ethyl adjacent to an activating group) is 1. The molecular weight excluding hydrogens is 394 g/mol. The average Bonchev–Trinajstić information content (AvgIpc) is 2.90. The van der Waals surface area contributed by atoms with Gasteiger partial charge in [-0.3, -0.25) is 0 Å². The summed E-state index contributed by atoms with van der Waals surface area (Å²) in [5.41, 5.74) is 8.26. The predicted octanol–water partition coefficient (Wildman–Crippen LogP) is 5.19. The summed E-state index contributed by atoms with van der Waals surface area (Å²) in [5, 5.41) is 0. The van der Waals surface area contributed by atoms with Gasteiger partial charge in [-0.1, -0.05) is 38.1 Å². The van der Waals surface area contributed by atoms with Gasteiger partial charge in [-0.15, -0.1) is 0 Å². The van der Waals surface area contributed by atoms with Crippen LogP contribution in [0.25, 0.3) is 0 Å². The first kappa shape index (κ1) is 22.4. The van der Waals surface area contributed by atoms with Gasteiger partial charge in [0.25, 0.3) is 0 Å². The van der Waals surface area contributed by atoms with E-state index in [2.05, 4.69) is 20.9 Å². The fourth-order valence-corrected chi connectivity index (χ4v) is 5.58. The van der Waals surface area contributed by atoms with E-state index >= 15 is 0 Å². The van der Waals surface area contributed by atoms with E-state index in [0.29, 0.717) is 18.0 Å². The van der Waals surface area contributed by atoms with Crippen LogP contribution in [0.4, 0.5) is 8.78 Å². The highest BCUT2D eigenvalue weighted by atomic mass is 19.1. The Balaban J connectivity index is 1.53. The number of fused-ring (bicyclic) bond motifs is 2. The Labute approximate surface area is 184 Å². The zero-order valence-corrected chi connectivity index (χ0v) is 18.8. The molecule has 0 saturated carbocycles. The number of rotatable bonds is 7. The fraction of sp³-hybridized carbons (Fsp3) is 0.538. The van der Waals surface area contributed by atoms with Crippen molar-refractivity contribution in [1.29, 1.82) is 0 Å². The van der Waals surface area contributed by atoms with Crippen LogP contribution in [0.1, 0.15) is 56.8 Å². The van der Waals surface area contributed by atoms with Gasteiger partial charge in [0.05, 0.1) is 37.8 Å². The molecule has 168 valence electrons. The van der Waals surface area contributed by atoms with Crippen LogP contribution in [0.5, 0.6) is 0 Å². The van der Waals surface area contributed by atoms with Gasteiger partial charge < -0.3 is 15.0 Å². The van der Waals surface area contributed by atoms with Crippen molar-refractivity contribution < 1.29 is 18.0 Å². The van der Waals surface area contributed by atoms with Crippen molar-refractivity contribution in [3.63, 3.8) is 0 Å². The first-order valence-electron chi connectivity index (χ1n) is 11.5. The standard InChI is InChI=1S/C26H35F2N2O/c1-17(2)25(29)16-30(3)22-12-13-23(30)15-24(14-22)31-26(18-4-8-20(27)9-5-18)19-6-10-21(28)11-7-19/h4-11,17,22-26H,12-16,29H2,1-3H3/q+1. The van der Waals surface area contributed by atoms with Gasteiger partial charge in [-0.05, 0) is 41.3 Å². The lowest BCUT2D eigenvalue weighted by molar-refractivity contribution is -0.950. The van der Waals surface area contributed by atoms with Crippen LogP contribution in [0.15, 0.2) is 48.5 Å². The van der Waals surface area contributed by atoms with Crippen LogP contribution in [0.3, 0.4) is 0 Å². The Kier molecular flexibility index (Phi) is 6.47. The van der Waals surface area contributed by atoms with Crippen molar-refractivity contribution in [2.24, 2.45) is 11.7 Å². The van der Waals surface area contributed by atoms with E-state index in [0.717, 1.165) is 35.0 Å². The molecule has 5 heteroatoms. The summed E-state index contributed by atoms with van der Waals surface area (Å²) in [6.45, 7) is 5.41. The van der Waals surface area contributed by atoms with Crippen LogP contribution < -0.4 is 5.73 Å². The summed E-state index contributed by atoms with van der Waals surface area (Å²) in [6.07, 6.45) is 4.21. The Hall–Kier alpha value is -1.82. The number of halogens is 2. The molecule has 0 radical (unpaired) electrons. The van der Waals surface area contributed by atoms with Crippen molar-refractivity contribution in [3.8, 4) is 0 Å². The normalized spacial score (nSPS) is 29.0. The van der Waals surface area contributed by atoms with E-state index in [1.54, 1.807) is 24.3 Å². The lowest BCUT2D eigenvalue weighted by atomic mass is 9.93. The minimum absolute atomic E-state index is 0.124. The average molecular weight is 430 g/mol. The number of nitrogens with zero attached hydrogens (tertiary/aromatic N) is 1. The van der Waals surface area contributed by atoms with Crippen LogP contribution in [-0.2, 0) is 4.74 Å². The van der Waals surface area contributed by atoms with Gasteiger partial charge in [0.15, 0.2) is 0 Å². The Morgan fingerprint density at radius 1 is 0.903 bits per heavy atom. The van der Waals surface area contributed by atoms with Crippen LogP contribution in [-0.4, -0.2) is 42.3 Å². The molecule has 2 fully saturated rings. The second-order valence-corrected chi connectivity index (χ2v) is 10.0. The molecule has 0 amide bonds. The quantitative estimate of drug-likeness (QED) is 0.615. The SMILES string of the molecule is CC(C)C(N)C[N+]1(C)C2CCC1CC(OC(c1ccc(F)cc1)c1ccc(F)cc1)C2. The maximum absolute atomic E-state index is 13.5.